The zero-order chi connectivity index (χ0) is 42.1. The molecule has 1 saturated heterocycles. The molecule has 16 nitrogen and oxygen atoms in total. The number of carbonyl (C=O) groups is 2. The number of ether oxygens (including phenoxy) is 2. The van der Waals surface area contributed by atoms with E-state index in [-0.39, 0.29) is 15.5 Å². The van der Waals surface area contributed by atoms with Crippen LogP contribution in [0.15, 0.2) is 91.8 Å². The summed E-state index contributed by atoms with van der Waals surface area (Å²) in [5.41, 5.74) is 1.64. The number of fused-ring (bicyclic) bond motifs is 2. The Labute approximate surface area is 345 Å². The van der Waals surface area contributed by atoms with Gasteiger partial charge in [-0.25, -0.2) is 41.1 Å². The van der Waals surface area contributed by atoms with Crippen LogP contribution < -0.4 is 5.46 Å². The summed E-state index contributed by atoms with van der Waals surface area (Å²) in [7, 11) is -4.66. The van der Waals surface area contributed by atoms with Crippen molar-refractivity contribution < 1.29 is 45.2 Å². The highest BCUT2D eigenvalue weighted by atomic mass is 79.9. The number of hydrogen-bond acceptors (Lipinski definition) is 14. The lowest BCUT2D eigenvalue weighted by Crippen LogP contribution is -2.41. The van der Waals surface area contributed by atoms with Gasteiger partial charge >= 0.3 is 19.1 Å². The molecule has 0 aliphatic carbocycles. The van der Waals surface area contributed by atoms with Crippen LogP contribution >= 0.6 is 31.9 Å². The fourth-order valence-corrected chi connectivity index (χ4v) is 7.95. The van der Waals surface area contributed by atoms with E-state index in [2.05, 4.69) is 61.9 Å². The first kappa shape index (κ1) is 43.6. The first-order chi connectivity index (χ1) is 26.6. The fourth-order valence-electron chi connectivity index (χ4n) is 5.29. The number of aromatic nitrogens is 6. The molecule has 4 aromatic heterocycles. The number of nitrogens with zero attached hydrogens (tertiary/aromatic N) is 5. The predicted molar refractivity (Wildman–Crippen MR) is 219 cm³/mol. The topological polar surface area (TPSA) is 212 Å². The number of nitrogens with one attached hydrogen (secondary N) is 1. The lowest BCUT2D eigenvalue weighted by Gasteiger charge is -2.32. The zero-order valence-electron chi connectivity index (χ0n) is 31.9. The number of hydrogen-bond donors (Lipinski definition) is 1. The summed E-state index contributed by atoms with van der Waals surface area (Å²) in [4.78, 5) is 31.7. The summed E-state index contributed by atoms with van der Waals surface area (Å²) in [6.07, 6.45) is 5.49. The third-order valence-corrected chi connectivity index (χ3v) is 12.0. The van der Waals surface area contributed by atoms with Gasteiger partial charge in [-0.05, 0) is 93.8 Å². The van der Waals surface area contributed by atoms with Crippen LogP contribution in [0.5, 0.6) is 0 Å². The number of methoxy groups -OCH3 is 2. The van der Waals surface area contributed by atoms with Crippen LogP contribution in [0.3, 0.4) is 0 Å². The van der Waals surface area contributed by atoms with E-state index in [0.717, 1.165) is 6.26 Å². The molecule has 0 amide bonds. The predicted octanol–water partition coefficient (Wildman–Crippen LogP) is 5.27. The molecular weight excluding hydrogens is 911 g/mol. The van der Waals surface area contributed by atoms with Gasteiger partial charge in [0.1, 0.15) is 0 Å². The Morgan fingerprint density at radius 3 is 1.89 bits per heavy atom. The summed E-state index contributed by atoms with van der Waals surface area (Å²) in [5, 5.41) is 11.9. The number of esters is 2. The number of benzene rings is 2. The Balaban J connectivity index is 0.000000170. The Morgan fingerprint density at radius 2 is 1.32 bits per heavy atom. The highest BCUT2D eigenvalue weighted by Gasteiger charge is 2.51. The molecule has 2 aromatic carbocycles. The second-order valence-electron chi connectivity index (χ2n) is 13.6. The van der Waals surface area contributed by atoms with Gasteiger partial charge in [0.05, 0.1) is 51.7 Å². The molecule has 300 valence electrons. The number of carbonyl (C=O) groups excluding carboxylic acids is 2. The van der Waals surface area contributed by atoms with Crippen LogP contribution in [0.2, 0.25) is 0 Å². The van der Waals surface area contributed by atoms with Crippen molar-refractivity contribution in [2.24, 2.45) is 0 Å². The number of aromatic amines is 1. The smallest absolute Gasteiger partial charge is 0.464 e. The molecule has 0 bridgehead atoms. The van der Waals surface area contributed by atoms with E-state index in [1.165, 1.54) is 37.3 Å². The molecule has 7 rings (SSSR count). The summed E-state index contributed by atoms with van der Waals surface area (Å²) >= 11 is 6.63. The van der Waals surface area contributed by atoms with Gasteiger partial charge in [0, 0.05) is 33.9 Å². The van der Waals surface area contributed by atoms with E-state index < -0.39 is 49.9 Å². The quantitative estimate of drug-likeness (QED) is 0.167. The van der Waals surface area contributed by atoms with E-state index in [1.807, 2.05) is 33.8 Å². The van der Waals surface area contributed by atoms with Crippen molar-refractivity contribution in [1.82, 2.24) is 29.9 Å². The van der Waals surface area contributed by atoms with Crippen LogP contribution in [0.4, 0.5) is 0 Å². The third-order valence-electron chi connectivity index (χ3n) is 8.92. The fraction of sp³-hybridized carbons (Fsp3) is 0.278. The molecule has 5 heterocycles. The van der Waals surface area contributed by atoms with Gasteiger partial charge in [-0.3, -0.25) is 5.10 Å². The lowest BCUT2D eigenvalue weighted by molar-refractivity contribution is 0.00578. The molecule has 0 atom stereocenters. The van der Waals surface area contributed by atoms with Gasteiger partial charge < -0.3 is 18.8 Å². The molecule has 0 spiro atoms. The summed E-state index contributed by atoms with van der Waals surface area (Å²) < 4.78 is 71.0. The minimum absolute atomic E-state index is 0.112. The SMILES string of the molecule is CC1(C)OB(c2cc(Br)cc(S(C)(=O)=O)c2)OC1(C)C.COC(=O)c1[nH]nc2ncccc12.COC(=O)c1nn(-c2cc(Br)cc(S(C)(=O)=O)c2)c2ncccc12. The molecule has 57 heavy (non-hydrogen) atoms. The number of rotatable bonds is 6. The number of pyridine rings is 2. The van der Waals surface area contributed by atoms with Gasteiger partial charge in [0.15, 0.2) is 42.4 Å². The van der Waals surface area contributed by atoms with Crippen LogP contribution in [-0.4, -0.2) is 104 Å². The molecule has 0 saturated carbocycles. The van der Waals surface area contributed by atoms with Gasteiger partial charge in [-0.1, -0.05) is 31.9 Å². The van der Waals surface area contributed by atoms with Crippen LogP contribution in [0.1, 0.15) is 48.7 Å². The number of sulfone groups is 2. The molecule has 1 aliphatic heterocycles. The van der Waals surface area contributed by atoms with Crippen LogP contribution in [0, 0.1) is 0 Å². The Bertz CT molecular complexity index is 2710. The summed E-state index contributed by atoms with van der Waals surface area (Å²) in [5.74, 6) is -1.03. The van der Waals surface area contributed by atoms with E-state index in [0.29, 0.717) is 47.9 Å². The molecule has 1 N–H and O–H groups in total. The van der Waals surface area contributed by atoms with E-state index in [4.69, 9.17) is 14.0 Å². The maximum atomic E-state index is 11.9. The minimum Gasteiger partial charge on any atom is -0.464 e. The second-order valence-corrected chi connectivity index (χ2v) is 19.5. The maximum Gasteiger partial charge on any atom is 0.494 e. The second kappa shape index (κ2) is 16.7. The van der Waals surface area contributed by atoms with Crippen molar-refractivity contribution in [2.45, 2.75) is 48.7 Å². The molecule has 1 fully saturated rings. The largest absolute Gasteiger partial charge is 0.494 e. The normalized spacial score (nSPS) is 14.7. The molecule has 1 aliphatic rings. The Morgan fingerprint density at radius 1 is 0.772 bits per heavy atom. The van der Waals surface area contributed by atoms with Gasteiger partial charge in [-0.15, -0.1) is 0 Å². The van der Waals surface area contributed by atoms with Crippen molar-refractivity contribution in [3.05, 3.63) is 93.4 Å². The number of halogens is 2. The molecular formula is C36H37BBr2N6O10S2. The average Bonchev–Trinajstić information content (AvgIpc) is 3.81. The average molecular weight is 948 g/mol. The van der Waals surface area contributed by atoms with Crippen molar-refractivity contribution in [2.75, 3.05) is 26.7 Å². The van der Waals surface area contributed by atoms with E-state index in [1.54, 1.807) is 54.9 Å². The third kappa shape index (κ3) is 9.78. The molecule has 6 aromatic rings. The van der Waals surface area contributed by atoms with Crippen LogP contribution in [0.25, 0.3) is 27.8 Å². The first-order valence-electron chi connectivity index (χ1n) is 16.7. The summed E-state index contributed by atoms with van der Waals surface area (Å²) in [6, 6.07) is 16.5. The minimum atomic E-state index is -3.41. The highest BCUT2D eigenvalue weighted by molar-refractivity contribution is 9.10. The standard InChI is InChI=1S/C15H12BrN3O4S.C13H18BBrO4S.C8H7N3O2/c1-23-15(20)13-12-4-3-5-17-14(12)19(18-13)10-6-9(16)7-11(8-10)24(2,21)22;1-12(2)13(3,4)19-14(18-12)9-6-10(15)8-11(7-9)20(5,16)17;1-13-8(12)6-5-3-2-4-9-7(5)11-10-6/h3-8H,1-2H3;6-8H,1-5H3;2-4H,1H3,(H,9,10,11). The lowest BCUT2D eigenvalue weighted by atomic mass is 9.79. The van der Waals surface area contributed by atoms with Crippen molar-refractivity contribution in [1.29, 1.82) is 0 Å². The molecule has 21 heteroatoms. The highest BCUT2D eigenvalue weighted by Crippen LogP contribution is 2.37. The van der Waals surface area contributed by atoms with Crippen molar-refractivity contribution in [3.8, 4) is 5.69 Å². The van der Waals surface area contributed by atoms with Crippen molar-refractivity contribution >= 4 is 98.1 Å². The monoisotopic (exact) mass is 946 g/mol. The van der Waals surface area contributed by atoms with E-state index in [9.17, 15) is 26.4 Å². The van der Waals surface area contributed by atoms with Crippen molar-refractivity contribution in [3.63, 3.8) is 0 Å². The van der Waals surface area contributed by atoms with Gasteiger partial charge in [0.2, 0.25) is 0 Å². The number of H-pyrrole nitrogens is 1. The molecule has 0 radical (unpaired) electrons. The zero-order valence-corrected chi connectivity index (χ0v) is 36.7. The van der Waals surface area contributed by atoms with E-state index >= 15 is 0 Å². The Hall–Kier alpha value is -4.54. The Kier molecular flexibility index (Phi) is 12.8. The first-order valence-corrected chi connectivity index (χ1v) is 22.1. The summed E-state index contributed by atoms with van der Waals surface area (Å²) in [6.45, 7) is 7.84. The van der Waals surface area contributed by atoms with Gasteiger partial charge in [-0.2, -0.15) is 10.2 Å². The van der Waals surface area contributed by atoms with Crippen LogP contribution in [-0.2, 0) is 38.5 Å². The van der Waals surface area contributed by atoms with Gasteiger partial charge in [0.25, 0.3) is 0 Å². The molecule has 0 unspecified atom stereocenters. The maximum absolute atomic E-state index is 11.9.